The molecule has 1 aliphatic heterocycles. The second kappa shape index (κ2) is 6.75. The van der Waals surface area contributed by atoms with Crippen molar-refractivity contribution >= 4 is 17.5 Å². The highest BCUT2D eigenvalue weighted by Gasteiger charge is 2.29. The third-order valence-electron chi connectivity index (χ3n) is 5.42. The Labute approximate surface area is 152 Å². The number of carbonyl (C=O) groups is 1. The first-order valence-corrected chi connectivity index (χ1v) is 9.41. The van der Waals surface area contributed by atoms with E-state index < -0.39 is 0 Å². The maximum absolute atomic E-state index is 12.5. The Bertz CT molecular complexity index is 803. The summed E-state index contributed by atoms with van der Waals surface area (Å²) in [6.45, 7) is 3.41. The van der Waals surface area contributed by atoms with Gasteiger partial charge in [-0.25, -0.2) is 4.68 Å². The summed E-state index contributed by atoms with van der Waals surface area (Å²) in [6, 6.07) is 4.58. The lowest BCUT2D eigenvalue weighted by atomic mass is 9.99. The van der Waals surface area contributed by atoms with Crippen LogP contribution in [0.1, 0.15) is 40.9 Å². The molecule has 1 aromatic carbocycles. The van der Waals surface area contributed by atoms with Crippen LogP contribution in [0.4, 0.5) is 0 Å². The number of fused-ring (bicyclic) bond motifs is 2. The number of rotatable bonds is 4. The lowest BCUT2D eigenvalue weighted by Gasteiger charge is -2.34. The van der Waals surface area contributed by atoms with Crippen LogP contribution in [-0.2, 0) is 37.1 Å². The molecule has 4 rings (SSSR count). The minimum atomic E-state index is -0.0265. The van der Waals surface area contributed by atoms with Crippen LogP contribution in [0.3, 0.4) is 0 Å². The Morgan fingerprint density at radius 2 is 2.24 bits per heavy atom. The number of nitrogens with zero attached hydrogens (tertiary/aromatic N) is 5. The van der Waals surface area contributed by atoms with Gasteiger partial charge in [-0.3, -0.25) is 4.79 Å². The summed E-state index contributed by atoms with van der Waals surface area (Å²) in [6.07, 6.45) is 5.20. The maximum atomic E-state index is 12.5. The number of carbonyl (C=O) groups excluding carboxylic acids is 1. The smallest absolute Gasteiger partial charge is 0.238 e. The molecular formula is C18H22ClN5O. The summed E-state index contributed by atoms with van der Waals surface area (Å²) in [7, 11) is 0. The number of hydrogen-bond acceptors (Lipinski definition) is 4. The van der Waals surface area contributed by atoms with Gasteiger partial charge in [0.05, 0.1) is 12.6 Å². The number of aromatic nitrogens is 4. The zero-order chi connectivity index (χ0) is 17.4. The van der Waals surface area contributed by atoms with Gasteiger partial charge in [0.1, 0.15) is 5.88 Å². The van der Waals surface area contributed by atoms with Crippen LogP contribution >= 0.6 is 11.6 Å². The van der Waals surface area contributed by atoms with Gasteiger partial charge in [0, 0.05) is 13.0 Å². The van der Waals surface area contributed by atoms with E-state index in [1.54, 1.807) is 4.68 Å². The van der Waals surface area contributed by atoms with Gasteiger partial charge in [0.15, 0.2) is 5.82 Å². The molecule has 25 heavy (non-hydrogen) atoms. The first-order valence-electron chi connectivity index (χ1n) is 8.87. The minimum absolute atomic E-state index is 0.00286. The molecule has 2 heterocycles. The molecule has 0 saturated carbocycles. The molecule has 1 unspecified atom stereocenters. The van der Waals surface area contributed by atoms with Crippen molar-refractivity contribution in [3.05, 3.63) is 40.2 Å². The van der Waals surface area contributed by atoms with E-state index in [0.717, 1.165) is 25.1 Å². The van der Waals surface area contributed by atoms with Gasteiger partial charge in [-0.2, -0.15) is 0 Å². The van der Waals surface area contributed by atoms with Crippen LogP contribution in [0.25, 0.3) is 0 Å². The minimum Gasteiger partial charge on any atom is -0.332 e. The molecule has 1 aromatic heterocycles. The number of alkyl halides is 1. The first-order chi connectivity index (χ1) is 12.2. The number of benzene rings is 1. The molecule has 1 amide bonds. The number of tetrazole rings is 1. The lowest BCUT2D eigenvalue weighted by molar-refractivity contribution is -0.132. The van der Waals surface area contributed by atoms with E-state index in [-0.39, 0.29) is 17.8 Å². The van der Waals surface area contributed by atoms with Gasteiger partial charge in [-0.05, 0) is 65.3 Å². The SMILES string of the molecule is Cc1cc(CN(C(=O)CCl)C2CCc3nnnn3C2)cc2c1CCC2. The summed E-state index contributed by atoms with van der Waals surface area (Å²) in [5, 5.41) is 11.8. The Morgan fingerprint density at radius 1 is 1.36 bits per heavy atom. The molecular weight excluding hydrogens is 338 g/mol. The summed E-state index contributed by atoms with van der Waals surface area (Å²) >= 11 is 5.90. The van der Waals surface area contributed by atoms with E-state index in [1.807, 2.05) is 4.90 Å². The average Bonchev–Trinajstić information content (AvgIpc) is 3.27. The molecule has 0 N–H and O–H groups in total. The van der Waals surface area contributed by atoms with E-state index >= 15 is 0 Å². The molecule has 2 aromatic rings. The highest BCUT2D eigenvalue weighted by Crippen LogP contribution is 2.28. The quantitative estimate of drug-likeness (QED) is 0.784. The highest BCUT2D eigenvalue weighted by molar-refractivity contribution is 6.27. The standard InChI is InChI=1S/C18H22ClN5O/c1-12-7-13(8-14-3-2-4-16(12)14)10-23(18(25)9-19)15-5-6-17-20-21-22-24(17)11-15/h7-8,15H,2-6,9-11H2,1H3. The van der Waals surface area contributed by atoms with Crippen LogP contribution in [-0.4, -0.2) is 42.9 Å². The van der Waals surface area contributed by atoms with Crippen molar-refractivity contribution in [2.24, 2.45) is 0 Å². The lowest BCUT2D eigenvalue weighted by Crippen LogP contribution is -2.45. The first kappa shape index (κ1) is 16.5. The van der Waals surface area contributed by atoms with Gasteiger partial charge < -0.3 is 4.90 Å². The third-order valence-corrected chi connectivity index (χ3v) is 5.65. The fraction of sp³-hybridized carbons (Fsp3) is 0.556. The molecule has 7 heteroatoms. The van der Waals surface area contributed by atoms with Crippen molar-refractivity contribution in [1.82, 2.24) is 25.1 Å². The Balaban J connectivity index is 1.58. The zero-order valence-electron chi connectivity index (χ0n) is 14.4. The van der Waals surface area contributed by atoms with Crippen LogP contribution in [0.5, 0.6) is 0 Å². The highest BCUT2D eigenvalue weighted by atomic mass is 35.5. The predicted molar refractivity (Wildman–Crippen MR) is 94.4 cm³/mol. The van der Waals surface area contributed by atoms with E-state index in [2.05, 4.69) is 34.6 Å². The van der Waals surface area contributed by atoms with E-state index in [9.17, 15) is 4.79 Å². The summed E-state index contributed by atoms with van der Waals surface area (Å²) in [5.41, 5.74) is 5.48. The van der Waals surface area contributed by atoms with Crippen molar-refractivity contribution in [3.63, 3.8) is 0 Å². The topological polar surface area (TPSA) is 63.9 Å². The Kier molecular flexibility index (Phi) is 4.46. The van der Waals surface area contributed by atoms with Crippen molar-refractivity contribution in [2.75, 3.05) is 5.88 Å². The fourth-order valence-electron chi connectivity index (χ4n) is 4.18. The third kappa shape index (κ3) is 3.15. The summed E-state index contributed by atoms with van der Waals surface area (Å²) < 4.78 is 1.80. The maximum Gasteiger partial charge on any atom is 0.238 e. The molecule has 1 aliphatic carbocycles. The van der Waals surface area contributed by atoms with Crippen LogP contribution < -0.4 is 0 Å². The Hall–Kier alpha value is -1.95. The second-order valence-corrected chi connectivity index (χ2v) is 7.30. The van der Waals surface area contributed by atoms with Crippen molar-refractivity contribution < 1.29 is 4.79 Å². The van der Waals surface area contributed by atoms with Crippen LogP contribution in [0, 0.1) is 6.92 Å². The van der Waals surface area contributed by atoms with E-state index in [1.165, 1.54) is 35.1 Å². The molecule has 1 atom stereocenters. The predicted octanol–water partition coefficient (Wildman–Crippen LogP) is 2.05. The molecule has 2 aliphatic rings. The molecule has 0 fully saturated rings. The van der Waals surface area contributed by atoms with Crippen molar-refractivity contribution in [3.8, 4) is 0 Å². The largest absolute Gasteiger partial charge is 0.332 e. The zero-order valence-corrected chi connectivity index (χ0v) is 15.2. The van der Waals surface area contributed by atoms with Gasteiger partial charge in [-0.15, -0.1) is 16.7 Å². The van der Waals surface area contributed by atoms with Crippen molar-refractivity contribution in [2.45, 2.75) is 58.2 Å². The summed E-state index contributed by atoms with van der Waals surface area (Å²) in [4.78, 5) is 14.4. The number of aryl methyl sites for hydroxylation is 3. The normalized spacial score (nSPS) is 18.7. The molecule has 0 spiro atoms. The summed E-state index contributed by atoms with van der Waals surface area (Å²) in [5.74, 6) is 0.868. The van der Waals surface area contributed by atoms with Gasteiger partial charge in [0.2, 0.25) is 5.91 Å². The second-order valence-electron chi connectivity index (χ2n) is 7.03. The molecule has 0 radical (unpaired) electrons. The molecule has 0 bridgehead atoms. The van der Waals surface area contributed by atoms with Crippen LogP contribution in [0.15, 0.2) is 12.1 Å². The van der Waals surface area contributed by atoms with Crippen LogP contribution in [0.2, 0.25) is 0 Å². The van der Waals surface area contributed by atoms with Crippen molar-refractivity contribution in [1.29, 1.82) is 0 Å². The van der Waals surface area contributed by atoms with Gasteiger partial charge in [-0.1, -0.05) is 12.1 Å². The number of halogens is 1. The monoisotopic (exact) mass is 359 g/mol. The molecule has 0 saturated heterocycles. The fourth-order valence-corrected chi connectivity index (χ4v) is 4.33. The van der Waals surface area contributed by atoms with E-state index in [0.29, 0.717) is 13.1 Å². The Morgan fingerprint density at radius 3 is 3.08 bits per heavy atom. The molecule has 6 nitrogen and oxygen atoms in total. The van der Waals surface area contributed by atoms with Gasteiger partial charge >= 0.3 is 0 Å². The molecule has 132 valence electrons. The van der Waals surface area contributed by atoms with Gasteiger partial charge in [0.25, 0.3) is 0 Å². The average molecular weight is 360 g/mol. The van der Waals surface area contributed by atoms with E-state index in [4.69, 9.17) is 11.6 Å². The number of amides is 1. The number of hydrogen-bond donors (Lipinski definition) is 0.